The van der Waals surface area contributed by atoms with E-state index in [4.69, 9.17) is 21.1 Å². The van der Waals surface area contributed by atoms with E-state index in [0.717, 1.165) is 5.56 Å². The Balaban J connectivity index is 1.71. The average Bonchev–Trinajstić information content (AvgIpc) is 3.00. The highest BCUT2D eigenvalue weighted by atomic mass is 35.5. The Bertz CT molecular complexity index is 709. The van der Waals surface area contributed by atoms with Gasteiger partial charge in [0.2, 0.25) is 0 Å². The Morgan fingerprint density at radius 2 is 2.14 bits per heavy atom. The number of alkyl halides is 1. The number of aryl methyl sites for hydroxylation is 1. The van der Waals surface area contributed by atoms with E-state index in [1.807, 2.05) is 6.20 Å². The number of rotatable bonds is 5. The van der Waals surface area contributed by atoms with Crippen LogP contribution in [0.4, 0.5) is 0 Å². The van der Waals surface area contributed by atoms with Gasteiger partial charge in [0.05, 0.1) is 12.7 Å². The maximum absolute atomic E-state index is 12.2. The normalized spacial score (nSPS) is 13.5. The summed E-state index contributed by atoms with van der Waals surface area (Å²) in [5.74, 6) is 1.69. The Kier molecular flexibility index (Phi) is 4.44. The van der Waals surface area contributed by atoms with E-state index in [1.165, 1.54) is 6.08 Å². The van der Waals surface area contributed by atoms with Crippen LogP contribution in [-0.4, -0.2) is 34.7 Å². The third-order valence-electron chi connectivity index (χ3n) is 3.22. The fourth-order valence-electron chi connectivity index (χ4n) is 2.14. The summed E-state index contributed by atoms with van der Waals surface area (Å²) in [5, 5.41) is 4.15. The van der Waals surface area contributed by atoms with Gasteiger partial charge in [0.1, 0.15) is 13.2 Å². The lowest BCUT2D eigenvalue weighted by molar-refractivity contribution is 0.104. The van der Waals surface area contributed by atoms with Crippen LogP contribution in [0.1, 0.15) is 15.9 Å². The second-order valence-electron chi connectivity index (χ2n) is 4.78. The molecule has 0 fully saturated rings. The van der Waals surface area contributed by atoms with Crippen LogP contribution in [-0.2, 0) is 6.54 Å². The van der Waals surface area contributed by atoms with Gasteiger partial charge in [0, 0.05) is 23.2 Å². The van der Waals surface area contributed by atoms with Crippen molar-refractivity contribution in [2.45, 2.75) is 6.54 Å². The van der Waals surface area contributed by atoms with Gasteiger partial charge in [-0.15, -0.1) is 11.6 Å². The lowest BCUT2D eigenvalue weighted by atomic mass is 10.1. The van der Waals surface area contributed by atoms with Crippen LogP contribution in [0.25, 0.3) is 6.08 Å². The molecule has 1 aliphatic rings. The molecule has 114 valence electrons. The number of benzene rings is 1. The SMILES string of the molecule is O=C(/C=C/c1cnn(CCCl)c1)c1ccc2c(c1)OCCO2. The van der Waals surface area contributed by atoms with Crippen LogP contribution >= 0.6 is 11.6 Å². The number of halogens is 1. The number of carbonyl (C=O) groups excluding carboxylic acids is 1. The van der Waals surface area contributed by atoms with Crippen molar-refractivity contribution in [1.82, 2.24) is 9.78 Å². The van der Waals surface area contributed by atoms with Gasteiger partial charge in [-0.2, -0.15) is 5.10 Å². The maximum Gasteiger partial charge on any atom is 0.185 e. The van der Waals surface area contributed by atoms with Gasteiger partial charge in [-0.1, -0.05) is 0 Å². The van der Waals surface area contributed by atoms with Crippen LogP contribution in [0.3, 0.4) is 0 Å². The van der Waals surface area contributed by atoms with E-state index in [9.17, 15) is 4.79 Å². The first kappa shape index (κ1) is 14.7. The molecule has 6 heteroatoms. The molecule has 0 spiro atoms. The number of aromatic nitrogens is 2. The van der Waals surface area contributed by atoms with Crippen LogP contribution < -0.4 is 9.47 Å². The first-order valence-electron chi connectivity index (χ1n) is 6.97. The van der Waals surface area contributed by atoms with Crippen molar-refractivity contribution < 1.29 is 14.3 Å². The summed E-state index contributed by atoms with van der Waals surface area (Å²) in [4.78, 5) is 12.2. The number of hydrogen-bond donors (Lipinski definition) is 0. The highest BCUT2D eigenvalue weighted by Gasteiger charge is 2.13. The van der Waals surface area contributed by atoms with Crippen molar-refractivity contribution in [3.8, 4) is 11.5 Å². The molecule has 5 nitrogen and oxygen atoms in total. The van der Waals surface area contributed by atoms with Crippen molar-refractivity contribution in [2.75, 3.05) is 19.1 Å². The zero-order valence-corrected chi connectivity index (χ0v) is 12.6. The van der Waals surface area contributed by atoms with E-state index in [-0.39, 0.29) is 5.78 Å². The highest BCUT2D eigenvalue weighted by Crippen LogP contribution is 2.30. The molecular formula is C16H15ClN2O3. The zero-order valence-electron chi connectivity index (χ0n) is 11.9. The molecule has 22 heavy (non-hydrogen) atoms. The van der Waals surface area contributed by atoms with E-state index >= 15 is 0 Å². The Morgan fingerprint density at radius 1 is 1.32 bits per heavy atom. The second-order valence-corrected chi connectivity index (χ2v) is 5.16. The summed E-state index contributed by atoms with van der Waals surface area (Å²) in [6, 6.07) is 5.20. The summed E-state index contributed by atoms with van der Waals surface area (Å²) < 4.78 is 12.7. The largest absolute Gasteiger partial charge is 0.486 e. The Labute approximate surface area is 133 Å². The number of nitrogens with zero attached hydrogens (tertiary/aromatic N) is 2. The molecule has 2 heterocycles. The minimum atomic E-state index is -0.0953. The number of carbonyl (C=O) groups is 1. The molecular weight excluding hydrogens is 304 g/mol. The summed E-state index contributed by atoms with van der Waals surface area (Å²) in [5.41, 5.74) is 1.42. The van der Waals surface area contributed by atoms with Gasteiger partial charge in [0.25, 0.3) is 0 Å². The summed E-state index contributed by atoms with van der Waals surface area (Å²) >= 11 is 5.66. The molecule has 1 aromatic heterocycles. The van der Waals surface area contributed by atoms with E-state index in [0.29, 0.717) is 42.7 Å². The molecule has 0 saturated heterocycles. The number of fused-ring (bicyclic) bond motifs is 1. The minimum Gasteiger partial charge on any atom is -0.486 e. The molecule has 1 aromatic carbocycles. The molecule has 3 rings (SSSR count). The van der Waals surface area contributed by atoms with Crippen molar-refractivity contribution in [2.24, 2.45) is 0 Å². The Morgan fingerprint density at radius 3 is 2.95 bits per heavy atom. The maximum atomic E-state index is 12.2. The van der Waals surface area contributed by atoms with Crippen molar-refractivity contribution >= 4 is 23.5 Å². The summed E-state index contributed by atoms with van der Waals surface area (Å²) in [7, 11) is 0. The van der Waals surface area contributed by atoms with Crippen molar-refractivity contribution in [1.29, 1.82) is 0 Å². The fourth-order valence-corrected chi connectivity index (χ4v) is 2.31. The third kappa shape index (κ3) is 3.31. The van der Waals surface area contributed by atoms with E-state index < -0.39 is 0 Å². The second kappa shape index (κ2) is 6.66. The van der Waals surface area contributed by atoms with Gasteiger partial charge in [-0.3, -0.25) is 9.48 Å². The molecule has 0 atom stereocenters. The van der Waals surface area contributed by atoms with Crippen molar-refractivity contribution in [3.05, 3.63) is 47.8 Å². The molecule has 2 aromatic rings. The van der Waals surface area contributed by atoms with Crippen molar-refractivity contribution in [3.63, 3.8) is 0 Å². The number of allylic oxidation sites excluding steroid dienone is 1. The first-order valence-corrected chi connectivity index (χ1v) is 7.50. The van der Waals surface area contributed by atoms with Crippen LogP contribution in [0, 0.1) is 0 Å². The minimum absolute atomic E-state index is 0.0953. The molecule has 0 amide bonds. The number of ketones is 1. The third-order valence-corrected chi connectivity index (χ3v) is 3.39. The van der Waals surface area contributed by atoms with E-state index in [2.05, 4.69) is 5.10 Å². The summed E-state index contributed by atoms with van der Waals surface area (Å²) in [6.45, 7) is 1.68. The molecule has 0 unspecified atom stereocenters. The fraction of sp³-hybridized carbons (Fsp3) is 0.250. The Hall–Kier alpha value is -2.27. The molecule has 0 aliphatic carbocycles. The number of hydrogen-bond acceptors (Lipinski definition) is 4. The summed E-state index contributed by atoms with van der Waals surface area (Å²) in [6.07, 6.45) is 6.79. The lowest BCUT2D eigenvalue weighted by Gasteiger charge is -2.18. The molecule has 1 aliphatic heterocycles. The van der Waals surface area contributed by atoms with Gasteiger partial charge in [-0.05, 0) is 30.4 Å². The molecule has 0 radical (unpaired) electrons. The number of ether oxygens (including phenoxy) is 2. The molecule has 0 bridgehead atoms. The lowest BCUT2D eigenvalue weighted by Crippen LogP contribution is -2.15. The quantitative estimate of drug-likeness (QED) is 0.483. The van der Waals surface area contributed by atoms with Gasteiger partial charge >= 0.3 is 0 Å². The monoisotopic (exact) mass is 318 g/mol. The predicted molar refractivity (Wildman–Crippen MR) is 83.7 cm³/mol. The standard InChI is InChI=1S/C16H15ClN2O3/c17-5-6-19-11-12(10-18-19)1-3-14(20)13-2-4-15-16(9-13)22-8-7-21-15/h1-4,9-11H,5-8H2/b3-1+. The van der Waals surface area contributed by atoms with Crippen LogP contribution in [0.2, 0.25) is 0 Å². The first-order chi connectivity index (χ1) is 10.8. The van der Waals surface area contributed by atoms with Gasteiger partial charge in [-0.25, -0.2) is 0 Å². The van der Waals surface area contributed by atoms with Gasteiger partial charge in [0.15, 0.2) is 17.3 Å². The topological polar surface area (TPSA) is 53.4 Å². The zero-order chi connectivity index (χ0) is 15.4. The predicted octanol–water partition coefficient (Wildman–Crippen LogP) is 2.79. The highest BCUT2D eigenvalue weighted by molar-refractivity contribution is 6.17. The smallest absolute Gasteiger partial charge is 0.185 e. The molecule has 0 saturated carbocycles. The van der Waals surface area contributed by atoms with E-state index in [1.54, 1.807) is 35.2 Å². The molecule has 0 N–H and O–H groups in total. The van der Waals surface area contributed by atoms with Gasteiger partial charge < -0.3 is 9.47 Å². The van der Waals surface area contributed by atoms with Crippen LogP contribution in [0.15, 0.2) is 36.7 Å². The van der Waals surface area contributed by atoms with Crippen LogP contribution in [0.5, 0.6) is 11.5 Å². The average molecular weight is 319 g/mol.